The van der Waals surface area contributed by atoms with Gasteiger partial charge in [-0.1, -0.05) is 12.1 Å². The van der Waals surface area contributed by atoms with E-state index in [1.54, 1.807) is 12.1 Å². The van der Waals surface area contributed by atoms with E-state index >= 15 is 0 Å². The Morgan fingerprint density at radius 3 is 2.96 bits per heavy atom. The molecule has 118 valence electrons. The number of fused-ring (bicyclic) bond motifs is 2. The smallest absolute Gasteiger partial charge is 0.270 e. The SMILES string of the molecule is CC1OC2(C)CCC1c1nc(-c3cccc([N+](=O)[O-])c3)nnc12. The highest BCUT2D eigenvalue weighted by Gasteiger charge is 2.49. The molecule has 3 unspecified atom stereocenters. The lowest BCUT2D eigenvalue weighted by molar-refractivity contribution is -0.384. The molecule has 5 rings (SSSR count). The molecular formula is C16H16N4O3. The van der Waals surface area contributed by atoms with Gasteiger partial charge in [0.15, 0.2) is 5.82 Å². The number of rotatable bonds is 2. The van der Waals surface area contributed by atoms with Crippen molar-refractivity contribution in [2.24, 2.45) is 0 Å². The van der Waals surface area contributed by atoms with Gasteiger partial charge < -0.3 is 4.74 Å². The van der Waals surface area contributed by atoms with E-state index in [0.29, 0.717) is 11.4 Å². The Hall–Kier alpha value is -2.41. The van der Waals surface area contributed by atoms with Crippen LogP contribution in [0, 0.1) is 10.1 Å². The lowest BCUT2D eigenvalue weighted by Crippen LogP contribution is -2.46. The van der Waals surface area contributed by atoms with Gasteiger partial charge in [0.25, 0.3) is 5.69 Å². The first-order valence-corrected chi connectivity index (χ1v) is 7.66. The van der Waals surface area contributed by atoms with Crippen LogP contribution in [0.4, 0.5) is 5.69 Å². The molecule has 23 heavy (non-hydrogen) atoms. The van der Waals surface area contributed by atoms with Crippen LogP contribution >= 0.6 is 0 Å². The highest BCUT2D eigenvalue weighted by atomic mass is 16.6. The molecule has 0 saturated carbocycles. The molecule has 1 aromatic heterocycles. The van der Waals surface area contributed by atoms with Gasteiger partial charge in [0.2, 0.25) is 0 Å². The van der Waals surface area contributed by atoms with E-state index in [1.807, 2.05) is 6.92 Å². The lowest BCUT2D eigenvalue weighted by atomic mass is 9.74. The summed E-state index contributed by atoms with van der Waals surface area (Å²) in [6, 6.07) is 6.33. The van der Waals surface area contributed by atoms with Gasteiger partial charge in [-0.05, 0) is 26.7 Å². The number of benzene rings is 1. The van der Waals surface area contributed by atoms with E-state index in [1.165, 1.54) is 12.1 Å². The lowest BCUT2D eigenvalue weighted by Gasteiger charge is -2.47. The molecule has 1 aliphatic carbocycles. The third kappa shape index (κ3) is 2.11. The molecule has 1 fully saturated rings. The van der Waals surface area contributed by atoms with Crippen LogP contribution in [0.3, 0.4) is 0 Å². The molecule has 3 aliphatic rings. The largest absolute Gasteiger partial charge is 0.365 e. The zero-order valence-corrected chi connectivity index (χ0v) is 12.9. The van der Waals surface area contributed by atoms with Gasteiger partial charge in [0.05, 0.1) is 16.7 Å². The van der Waals surface area contributed by atoms with Crippen LogP contribution in [0.2, 0.25) is 0 Å². The maximum atomic E-state index is 10.9. The van der Waals surface area contributed by atoms with Gasteiger partial charge in [-0.2, -0.15) is 0 Å². The van der Waals surface area contributed by atoms with Gasteiger partial charge in [0.1, 0.15) is 11.3 Å². The third-order valence-electron chi connectivity index (χ3n) is 4.83. The Kier molecular flexibility index (Phi) is 2.96. The summed E-state index contributed by atoms with van der Waals surface area (Å²) in [4.78, 5) is 15.2. The van der Waals surface area contributed by atoms with Crippen molar-refractivity contribution in [2.45, 2.75) is 44.3 Å². The minimum Gasteiger partial charge on any atom is -0.365 e. The Morgan fingerprint density at radius 2 is 2.22 bits per heavy atom. The number of ether oxygens (including phenoxy) is 1. The van der Waals surface area contributed by atoms with Crippen molar-refractivity contribution < 1.29 is 9.66 Å². The molecule has 7 heteroatoms. The van der Waals surface area contributed by atoms with Crippen LogP contribution < -0.4 is 0 Å². The topological polar surface area (TPSA) is 91.0 Å². The Bertz CT molecular complexity index is 810. The Balaban J connectivity index is 1.82. The number of aromatic nitrogens is 3. The molecule has 0 N–H and O–H groups in total. The van der Waals surface area contributed by atoms with E-state index in [2.05, 4.69) is 22.1 Å². The first kappa shape index (κ1) is 14.2. The van der Waals surface area contributed by atoms with E-state index in [-0.39, 0.29) is 17.7 Å². The van der Waals surface area contributed by atoms with Crippen LogP contribution in [-0.4, -0.2) is 26.2 Å². The van der Waals surface area contributed by atoms with E-state index < -0.39 is 10.5 Å². The summed E-state index contributed by atoms with van der Waals surface area (Å²) in [5.74, 6) is 0.635. The van der Waals surface area contributed by atoms with Gasteiger partial charge in [-0.15, -0.1) is 10.2 Å². The monoisotopic (exact) mass is 312 g/mol. The molecule has 0 spiro atoms. The Labute approximate surface area is 132 Å². The molecule has 2 aromatic rings. The van der Waals surface area contributed by atoms with Crippen molar-refractivity contribution >= 4 is 5.69 Å². The maximum absolute atomic E-state index is 10.9. The fraction of sp³-hybridized carbons (Fsp3) is 0.438. The fourth-order valence-corrected chi connectivity index (χ4v) is 3.60. The molecule has 0 amide bonds. The van der Waals surface area contributed by atoms with Gasteiger partial charge in [-0.25, -0.2) is 4.98 Å². The van der Waals surface area contributed by atoms with Crippen LogP contribution in [0.15, 0.2) is 24.3 Å². The summed E-state index contributed by atoms with van der Waals surface area (Å²) < 4.78 is 6.06. The molecule has 7 nitrogen and oxygen atoms in total. The average molecular weight is 312 g/mol. The zero-order chi connectivity index (χ0) is 16.2. The van der Waals surface area contributed by atoms with Crippen LogP contribution in [0.5, 0.6) is 0 Å². The predicted molar refractivity (Wildman–Crippen MR) is 81.8 cm³/mol. The first-order chi connectivity index (χ1) is 11.0. The standard InChI is InChI=1S/C16H16N4O3/c1-9-12-6-7-16(2,23-9)14-13(12)17-15(19-18-14)10-4-3-5-11(8-10)20(21)22/h3-5,8-9,12H,6-7H2,1-2H3. The number of nitro benzene ring substituents is 1. The average Bonchev–Trinajstić information content (AvgIpc) is 2.54. The normalized spacial score (nSPS) is 28.4. The number of nitro groups is 1. The minimum absolute atomic E-state index is 0.0222. The van der Waals surface area contributed by atoms with Crippen LogP contribution in [-0.2, 0) is 10.3 Å². The molecule has 0 radical (unpaired) electrons. The highest BCUT2D eigenvalue weighted by Crippen LogP contribution is 2.50. The molecule has 3 atom stereocenters. The minimum atomic E-state index is -0.426. The first-order valence-electron chi connectivity index (χ1n) is 7.66. The zero-order valence-electron chi connectivity index (χ0n) is 12.9. The molecule has 3 heterocycles. The van der Waals surface area contributed by atoms with Crippen molar-refractivity contribution in [1.29, 1.82) is 0 Å². The van der Waals surface area contributed by atoms with Crippen molar-refractivity contribution in [2.75, 3.05) is 0 Å². The van der Waals surface area contributed by atoms with Crippen molar-refractivity contribution in [3.05, 3.63) is 45.8 Å². The van der Waals surface area contributed by atoms with Crippen molar-refractivity contribution in [1.82, 2.24) is 15.2 Å². The quantitative estimate of drug-likeness (QED) is 0.625. The summed E-state index contributed by atoms with van der Waals surface area (Å²) in [5.41, 5.74) is 1.93. The van der Waals surface area contributed by atoms with Crippen molar-refractivity contribution in [3.63, 3.8) is 0 Å². The van der Waals surface area contributed by atoms with Gasteiger partial charge >= 0.3 is 0 Å². The number of nitrogens with zero attached hydrogens (tertiary/aromatic N) is 4. The number of hydrogen-bond donors (Lipinski definition) is 0. The molecule has 2 bridgehead atoms. The fourth-order valence-electron chi connectivity index (χ4n) is 3.60. The van der Waals surface area contributed by atoms with Crippen molar-refractivity contribution in [3.8, 4) is 11.4 Å². The molecular weight excluding hydrogens is 296 g/mol. The second-order valence-electron chi connectivity index (χ2n) is 6.38. The Morgan fingerprint density at radius 1 is 1.39 bits per heavy atom. The molecule has 1 aromatic carbocycles. The van der Waals surface area contributed by atoms with Gasteiger partial charge in [-0.3, -0.25) is 10.1 Å². The van der Waals surface area contributed by atoms with E-state index in [0.717, 1.165) is 24.2 Å². The second-order valence-corrected chi connectivity index (χ2v) is 6.38. The molecule has 1 saturated heterocycles. The summed E-state index contributed by atoms with van der Waals surface area (Å²) in [5, 5.41) is 19.5. The second kappa shape index (κ2) is 4.79. The number of hydrogen-bond acceptors (Lipinski definition) is 6. The van der Waals surface area contributed by atoms with Crippen LogP contribution in [0.25, 0.3) is 11.4 Å². The summed E-state index contributed by atoms with van der Waals surface area (Å²) in [7, 11) is 0. The van der Waals surface area contributed by atoms with Gasteiger partial charge in [0, 0.05) is 23.6 Å². The maximum Gasteiger partial charge on any atom is 0.270 e. The van der Waals surface area contributed by atoms with E-state index in [4.69, 9.17) is 4.74 Å². The third-order valence-corrected chi connectivity index (χ3v) is 4.83. The molecule has 2 aliphatic heterocycles. The van der Waals surface area contributed by atoms with Crippen LogP contribution in [0.1, 0.15) is 44.0 Å². The number of non-ortho nitro benzene ring substituents is 1. The highest BCUT2D eigenvalue weighted by molar-refractivity contribution is 5.59. The van der Waals surface area contributed by atoms with E-state index in [9.17, 15) is 10.1 Å². The summed E-state index contributed by atoms with van der Waals surface area (Å²) >= 11 is 0. The summed E-state index contributed by atoms with van der Waals surface area (Å²) in [6.07, 6.45) is 2.02. The predicted octanol–water partition coefficient (Wildman–Crippen LogP) is 2.96. The summed E-state index contributed by atoms with van der Waals surface area (Å²) in [6.45, 7) is 4.08.